The van der Waals surface area contributed by atoms with E-state index in [2.05, 4.69) is 0 Å². The molecule has 0 saturated carbocycles. The Morgan fingerprint density at radius 3 is 2.54 bits per heavy atom. The third-order valence-electron chi connectivity index (χ3n) is 3.64. The largest absolute Gasteiger partial charge is 0.475 e. The van der Waals surface area contributed by atoms with Crippen molar-refractivity contribution in [3.05, 3.63) is 41.2 Å². The summed E-state index contributed by atoms with van der Waals surface area (Å²) in [4.78, 5) is 11.4. The van der Waals surface area contributed by atoms with Gasteiger partial charge in [0, 0.05) is 0 Å². The molecule has 1 saturated heterocycles. The zero-order valence-electron chi connectivity index (χ0n) is 12.9. The molecule has 0 radical (unpaired) electrons. The fourth-order valence-electron chi connectivity index (χ4n) is 2.35. The molecule has 132 valence electrons. The first-order chi connectivity index (χ1) is 11.3. The summed E-state index contributed by atoms with van der Waals surface area (Å²) in [5.74, 6) is -1.90. The van der Waals surface area contributed by atoms with Crippen LogP contribution in [-0.4, -0.2) is 68.8 Å². The van der Waals surface area contributed by atoms with Crippen molar-refractivity contribution in [3.8, 4) is 0 Å². The van der Waals surface area contributed by atoms with E-state index in [9.17, 15) is 25.2 Å². The number of carbonyl (C=O) groups is 1. The first-order valence-electron chi connectivity index (χ1n) is 7.32. The highest BCUT2D eigenvalue weighted by Crippen LogP contribution is 2.24. The van der Waals surface area contributed by atoms with Gasteiger partial charge >= 0.3 is 5.97 Å². The van der Waals surface area contributed by atoms with Crippen molar-refractivity contribution in [2.24, 2.45) is 0 Å². The van der Waals surface area contributed by atoms with E-state index in [-0.39, 0.29) is 0 Å². The molecule has 2 rings (SSSR count). The molecule has 1 aliphatic heterocycles. The number of benzene rings is 1. The number of aryl methyl sites for hydroxylation is 1. The smallest absolute Gasteiger partial charge is 0.371 e. The molecular weight excluding hydrogens is 320 g/mol. The van der Waals surface area contributed by atoms with Gasteiger partial charge in [0.2, 0.25) is 12.0 Å². The Kier molecular flexibility index (Phi) is 5.92. The van der Waals surface area contributed by atoms with Gasteiger partial charge in [-0.3, -0.25) is 0 Å². The number of aliphatic hydroxyl groups excluding tert-OH is 4. The lowest BCUT2D eigenvalue weighted by Gasteiger charge is -2.39. The molecule has 5 N–H and O–H groups in total. The van der Waals surface area contributed by atoms with E-state index < -0.39 is 49.0 Å². The molecule has 0 spiro atoms. The molecule has 8 heteroatoms. The second-order valence-electron chi connectivity index (χ2n) is 5.54. The van der Waals surface area contributed by atoms with Gasteiger partial charge in [0.15, 0.2) is 0 Å². The number of hydrogen-bond donors (Lipinski definition) is 5. The highest BCUT2D eigenvalue weighted by atomic mass is 16.7. The average Bonchev–Trinajstić information content (AvgIpc) is 2.54. The molecule has 8 nitrogen and oxygen atoms in total. The van der Waals surface area contributed by atoms with E-state index in [1.54, 1.807) is 18.2 Å². The summed E-state index contributed by atoms with van der Waals surface area (Å²) < 4.78 is 10.3. The predicted molar refractivity (Wildman–Crippen MR) is 81.6 cm³/mol. The second kappa shape index (κ2) is 7.73. The summed E-state index contributed by atoms with van der Waals surface area (Å²) in [6, 6.07) is 7.00. The van der Waals surface area contributed by atoms with Crippen LogP contribution in [0, 0.1) is 6.92 Å². The van der Waals surface area contributed by atoms with E-state index in [1.807, 2.05) is 13.0 Å². The van der Waals surface area contributed by atoms with Gasteiger partial charge in [0.25, 0.3) is 0 Å². The molecule has 0 unspecified atom stereocenters. The van der Waals surface area contributed by atoms with Gasteiger partial charge in [0.05, 0.1) is 6.61 Å². The molecule has 1 fully saturated rings. The first kappa shape index (κ1) is 18.4. The minimum absolute atomic E-state index is 0.509. The van der Waals surface area contributed by atoms with Gasteiger partial charge in [-0.25, -0.2) is 4.79 Å². The van der Waals surface area contributed by atoms with Crippen molar-refractivity contribution in [3.63, 3.8) is 0 Å². The molecule has 0 aliphatic carbocycles. The highest BCUT2D eigenvalue weighted by molar-refractivity contribution is 5.89. The summed E-state index contributed by atoms with van der Waals surface area (Å²) in [6.45, 7) is 1.21. The monoisotopic (exact) mass is 340 g/mol. The Bertz CT molecular complexity index is 612. The highest BCUT2D eigenvalue weighted by Gasteiger charge is 2.45. The molecule has 1 aliphatic rings. The Hall–Kier alpha value is -1.97. The third kappa shape index (κ3) is 4.11. The minimum Gasteiger partial charge on any atom is -0.475 e. The van der Waals surface area contributed by atoms with Crippen LogP contribution in [0.15, 0.2) is 30.0 Å². The van der Waals surface area contributed by atoms with E-state index >= 15 is 0 Å². The van der Waals surface area contributed by atoms with Crippen LogP contribution in [0.3, 0.4) is 0 Å². The van der Waals surface area contributed by atoms with Crippen molar-refractivity contribution >= 4 is 12.0 Å². The minimum atomic E-state index is -1.68. The van der Waals surface area contributed by atoms with Crippen LogP contribution in [0.25, 0.3) is 6.08 Å². The fraction of sp³-hybridized carbons (Fsp3) is 0.438. The number of carboxylic acid groups (broad SMARTS) is 1. The Morgan fingerprint density at radius 2 is 1.96 bits per heavy atom. The summed E-state index contributed by atoms with van der Waals surface area (Å²) in [6.07, 6.45) is -6.34. The molecule has 1 aromatic carbocycles. The molecule has 24 heavy (non-hydrogen) atoms. The maximum atomic E-state index is 11.4. The van der Waals surface area contributed by atoms with Gasteiger partial charge in [-0.2, -0.15) is 0 Å². The van der Waals surface area contributed by atoms with Crippen molar-refractivity contribution in [1.82, 2.24) is 0 Å². The molecule has 1 heterocycles. The zero-order valence-corrected chi connectivity index (χ0v) is 12.9. The summed E-state index contributed by atoms with van der Waals surface area (Å²) in [7, 11) is 0. The number of aliphatic hydroxyl groups is 4. The van der Waals surface area contributed by atoms with Crippen molar-refractivity contribution in [2.75, 3.05) is 6.61 Å². The molecule has 0 bridgehead atoms. The van der Waals surface area contributed by atoms with E-state index in [4.69, 9.17) is 14.6 Å². The lowest BCUT2D eigenvalue weighted by atomic mass is 9.99. The van der Waals surface area contributed by atoms with Gasteiger partial charge in [-0.1, -0.05) is 29.8 Å². The third-order valence-corrected chi connectivity index (χ3v) is 3.64. The molecule has 5 atom stereocenters. The number of aliphatic carboxylic acids is 1. The average molecular weight is 340 g/mol. The fourth-order valence-corrected chi connectivity index (χ4v) is 2.35. The molecule has 0 aromatic heterocycles. The number of hydrogen-bond acceptors (Lipinski definition) is 7. The molecular formula is C16H20O8. The topological polar surface area (TPSA) is 137 Å². The van der Waals surface area contributed by atoms with Crippen molar-refractivity contribution in [1.29, 1.82) is 0 Å². The van der Waals surface area contributed by atoms with Gasteiger partial charge in [0.1, 0.15) is 24.4 Å². The van der Waals surface area contributed by atoms with E-state index in [0.717, 1.165) is 5.56 Å². The van der Waals surface area contributed by atoms with Crippen LogP contribution in [0.2, 0.25) is 0 Å². The molecule has 1 aromatic rings. The lowest BCUT2D eigenvalue weighted by molar-refractivity contribution is -0.291. The quantitative estimate of drug-likeness (QED) is 0.348. The van der Waals surface area contributed by atoms with E-state index in [1.165, 1.54) is 6.08 Å². The maximum Gasteiger partial charge on any atom is 0.371 e. The Labute approximate surface area is 138 Å². The zero-order chi connectivity index (χ0) is 17.9. The van der Waals surface area contributed by atoms with Crippen molar-refractivity contribution < 1.29 is 39.8 Å². The Morgan fingerprint density at radius 1 is 1.25 bits per heavy atom. The van der Waals surface area contributed by atoms with Crippen LogP contribution >= 0.6 is 0 Å². The van der Waals surface area contributed by atoms with Gasteiger partial charge in [-0.15, -0.1) is 0 Å². The van der Waals surface area contributed by atoms with Crippen LogP contribution in [0.4, 0.5) is 0 Å². The number of ether oxygens (including phenoxy) is 2. The van der Waals surface area contributed by atoms with Crippen LogP contribution in [0.1, 0.15) is 11.1 Å². The lowest BCUT2D eigenvalue weighted by Crippen LogP contribution is -2.59. The van der Waals surface area contributed by atoms with Crippen LogP contribution in [-0.2, 0) is 14.3 Å². The van der Waals surface area contributed by atoms with Crippen molar-refractivity contribution in [2.45, 2.75) is 37.6 Å². The predicted octanol–water partition coefficient (Wildman–Crippen LogP) is -0.763. The number of rotatable bonds is 5. The Balaban J connectivity index is 2.22. The van der Waals surface area contributed by atoms with Gasteiger partial charge in [-0.05, 0) is 18.6 Å². The summed E-state index contributed by atoms with van der Waals surface area (Å²) in [5, 5.41) is 47.7. The number of carboxylic acids is 1. The SMILES string of the molecule is Cc1cccc(/C=C(\O[C@H]2O[C@@H](CO)[C@H](O)[C@@H](O)[C@@H]2O)C(=O)O)c1. The summed E-state index contributed by atoms with van der Waals surface area (Å²) >= 11 is 0. The van der Waals surface area contributed by atoms with Gasteiger partial charge < -0.3 is 35.0 Å². The van der Waals surface area contributed by atoms with Crippen LogP contribution < -0.4 is 0 Å². The summed E-state index contributed by atoms with van der Waals surface area (Å²) in [5.41, 5.74) is 1.48. The second-order valence-corrected chi connectivity index (χ2v) is 5.54. The van der Waals surface area contributed by atoms with E-state index in [0.29, 0.717) is 5.56 Å². The maximum absolute atomic E-state index is 11.4. The molecule has 0 amide bonds. The first-order valence-corrected chi connectivity index (χ1v) is 7.32. The normalized spacial score (nSPS) is 30.9. The van der Waals surface area contributed by atoms with Crippen LogP contribution in [0.5, 0.6) is 0 Å². The standard InChI is InChI=1S/C16H20O8/c1-8-3-2-4-9(5-8)6-10(15(21)22)23-16-14(20)13(19)12(18)11(7-17)24-16/h2-6,11-14,16-20H,7H2,1H3,(H,21,22)/b10-6-/t11-,12-,13+,14-,16-/m0/s1.